The molecule has 1 atom stereocenters. The lowest BCUT2D eigenvalue weighted by atomic mass is 10.1. The van der Waals surface area contributed by atoms with Crippen molar-refractivity contribution in [3.63, 3.8) is 0 Å². The minimum Gasteiger partial charge on any atom is -0.465 e. The molecule has 0 aromatic carbocycles. The van der Waals surface area contributed by atoms with Gasteiger partial charge in [0.1, 0.15) is 10.4 Å². The zero-order valence-corrected chi connectivity index (χ0v) is 11.4. The average molecular weight is 316 g/mol. The second-order valence-corrected chi connectivity index (χ2v) is 5.37. The van der Waals surface area contributed by atoms with Gasteiger partial charge >= 0.3 is 6.09 Å². The molecule has 6 nitrogen and oxygen atoms in total. The van der Waals surface area contributed by atoms with Gasteiger partial charge in [-0.3, -0.25) is 0 Å². The van der Waals surface area contributed by atoms with Crippen LogP contribution in [0.1, 0.15) is 23.9 Å². The molecule has 1 amide bonds. The molecule has 1 saturated heterocycles. The second-order valence-electron chi connectivity index (χ2n) is 4.62. The first kappa shape index (κ1) is 12.0. The van der Waals surface area contributed by atoms with E-state index in [1.165, 1.54) is 4.90 Å². The molecule has 1 fully saturated rings. The average Bonchev–Trinajstić information content (AvgIpc) is 2.97. The monoisotopic (exact) mass is 315 g/mol. The van der Waals surface area contributed by atoms with Crippen LogP contribution < -0.4 is 0 Å². The topological polar surface area (TPSA) is 67.6 Å². The number of fused-ring (bicyclic) bond motifs is 1. The van der Waals surface area contributed by atoms with Crippen molar-refractivity contribution in [2.24, 2.45) is 0 Å². The van der Waals surface area contributed by atoms with Gasteiger partial charge in [0.25, 0.3) is 0 Å². The van der Waals surface area contributed by atoms with Gasteiger partial charge in [-0.05, 0) is 22.4 Å². The van der Waals surface area contributed by atoms with E-state index in [0.29, 0.717) is 32.2 Å². The van der Waals surface area contributed by atoms with Gasteiger partial charge in [-0.25, -0.2) is 9.78 Å². The number of rotatable bonds is 1. The van der Waals surface area contributed by atoms with Crippen molar-refractivity contribution in [1.29, 1.82) is 0 Å². The van der Waals surface area contributed by atoms with Gasteiger partial charge in [0.05, 0.1) is 18.8 Å². The number of nitrogens with zero attached hydrogens (tertiary/aromatic N) is 3. The molecule has 18 heavy (non-hydrogen) atoms. The fourth-order valence-corrected chi connectivity index (χ4v) is 3.09. The van der Waals surface area contributed by atoms with Crippen molar-refractivity contribution in [1.82, 2.24) is 14.5 Å². The maximum Gasteiger partial charge on any atom is 0.407 e. The van der Waals surface area contributed by atoms with Crippen molar-refractivity contribution >= 4 is 22.0 Å². The summed E-state index contributed by atoms with van der Waals surface area (Å²) in [5.41, 5.74) is 0.950. The standard InChI is InChI=1S/C11H14BrN3O3/c12-9-8-5-14(11(16)17)2-3-15(8)10(13-9)7-1-4-18-6-7/h7H,1-6H2,(H,16,17). The van der Waals surface area contributed by atoms with Crippen LogP contribution in [0.4, 0.5) is 4.79 Å². The maximum absolute atomic E-state index is 11.0. The fourth-order valence-electron chi connectivity index (χ4n) is 2.57. The van der Waals surface area contributed by atoms with Crippen molar-refractivity contribution in [3.8, 4) is 0 Å². The number of amides is 1. The summed E-state index contributed by atoms with van der Waals surface area (Å²) in [4.78, 5) is 17.0. The Labute approximate surface area is 113 Å². The molecule has 1 N–H and O–H groups in total. The van der Waals surface area contributed by atoms with Crippen LogP contribution in [0.5, 0.6) is 0 Å². The third-order valence-corrected chi connectivity index (χ3v) is 4.19. The third-order valence-electron chi connectivity index (χ3n) is 3.55. The third kappa shape index (κ3) is 1.91. The maximum atomic E-state index is 11.0. The zero-order chi connectivity index (χ0) is 12.7. The van der Waals surface area contributed by atoms with Crippen molar-refractivity contribution in [3.05, 3.63) is 16.1 Å². The minimum absolute atomic E-state index is 0.339. The summed E-state index contributed by atoms with van der Waals surface area (Å²) in [6, 6.07) is 0. The van der Waals surface area contributed by atoms with Gasteiger partial charge in [-0.2, -0.15) is 0 Å². The number of carbonyl (C=O) groups is 1. The quantitative estimate of drug-likeness (QED) is 0.855. The van der Waals surface area contributed by atoms with E-state index in [1.807, 2.05) is 0 Å². The highest BCUT2D eigenvalue weighted by Gasteiger charge is 2.30. The predicted molar refractivity (Wildman–Crippen MR) is 66.5 cm³/mol. The molecule has 2 aliphatic rings. The highest BCUT2D eigenvalue weighted by Crippen LogP contribution is 2.31. The number of carboxylic acid groups (broad SMARTS) is 1. The van der Waals surface area contributed by atoms with E-state index < -0.39 is 6.09 Å². The Morgan fingerprint density at radius 3 is 3.00 bits per heavy atom. The lowest BCUT2D eigenvalue weighted by Crippen LogP contribution is -2.37. The van der Waals surface area contributed by atoms with Crippen molar-refractivity contribution < 1.29 is 14.6 Å². The van der Waals surface area contributed by atoms with Crippen LogP contribution in [0.15, 0.2) is 4.60 Å². The summed E-state index contributed by atoms with van der Waals surface area (Å²) in [6.07, 6.45) is 0.117. The molecule has 0 radical (unpaired) electrons. The number of ether oxygens (including phenoxy) is 1. The summed E-state index contributed by atoms with van der Waals surface area (Å²) in [5.74, 6) is 1.37. The van der Waals surface area contributed by atoms with E-state index in [9.17, 15) is 4.79 Å². The van der Waals surface area contributed by atoms with Gasteiger partial charge in [0.2, 0.25) is 0 Å². The summed E-state index contributed by atoms with van der Waals surface area (Å²) >= 11 is 3.43. The van der Waals surface area contributed by atoms with Gasteiger partial charge in [-0.1, -0.05) is 0 Å². The molecular formula is C11H14BrN3O3. The molecule has 1 aromatic rings. The summed E-state index contributed by atoms with van der Waals surface area (Å²) in [5, 5.41) is 9.03. The van der Waals surface area contributed by atoms with Gasteiger partial charge in [0.15, 0.2) is 0 Å². The Kier molecular flexibility index (Phi) is 3.03. The molecule has 0 aliphatic carbocycles. The first-order chi connectivity index (χ1) is 8.66. The molecule has 0 saturated carbocycles. The first-order valence-electron chi connectivity index (χ1n) is 5.97. The molecule has 1 aromatic heterocycles. The lowest BCUT2D eigenvalue weighted by Gasteiger charge is -2.27. The van der Waals surface area contributed by atoms with E-state index in [4.69, 9.17) is 9.84 Å². The predicted octanol–water partition coefficient (Wildman–Crippen LogP) is 1.64. The van der Waals surface area contributed by atoms with Crippen LogP contribution in [0.25, 0.3) is 0 Å². The number of imidazole rings is 1. The van der Waals surface area contributed by atoms with Crippen LogP contribution in [-0.4, -0.2) is 45.4 Å². The Hall–Kier alpha value is -1.08. The first-order valence-corrected chi connectivity index (χ1v) is 6.76. The van der Waals surface area contributed by atoms with Crippen LogP contribution in [0.2, 0.25) is 0 Å². The smallest absolute Gasteiger partial charge is 0.407 e. The van der Waals surface area contributed by atoms with E-state index in [-0.39, 0.29) is 0 Å². The van der Waals surface area contributed by atoms with Crippen molar-refractivity contribution in [2.45, 2.75) is 25.4 Å². The molecule has 7 heteroatoms. The van der Waals surface area contributed by atoms with E-state index >= 15 is 0 Å². The molecule has 2 aliphatic heterocycles. The number of hydrogen-bond donors (Lipinski definition) is 1. The summed E-state index contributed by atoms with van der Waals surface area (Å²) in [6.45, 7) is 3.09. The Morgan fingerprint density at radius 2 is 2.33 bits per heavy atom. The minimum atomic E-state index is -0.875. The van der Waals surface area contributed by atoms with Crippen LogP contribution in [-0.2, 0) is 17.8 Å². The van der Waals surface area contributed by atoms with E-state index in [0.717, 1.165) is 29.1 Å². The van der Waals surface area contributed by atoms with Crippen molar-refractivity contribution in [2.75, 3.05) is 19.8 Å². The van der Waals surface area contributed by atoms with Crippen LogP contribution in [0.3, 0.4) is 0 Å². The van der Waals surface area contributed by atoms with Gasteiger partial charge in [0, 0.05) is 25.6 Å². The van der Waals surface area contributed by atoms with Crippen LogP contribution >= 0.6 is 15.9 Å². The molecular weight excluding hydrogens is 302 g/mol. The van der Waals surface area contributed by atoms with E-state index in [2.05, 4.69) is 25.5 Å². The normalized spacial score (nSPS) is 23.2. The largest absolute Gasteiger partial charge is 0.465 e. The number of halogens is 1. The second kappa shape index (κ2) is 4.55. The molecule has 3 heterocycles. The lowest BCUT2D eigenvalue weighted by molar-refractivity contribution is 0.132. The Balaban J connectivity index is 1.92. The van der Waals surface area contributed by atoms with Gasteiger partial charge < -0.3 is 19.3 Å². The SMILES string of the molecule is O=C(O)N1CCn2c(C3CCOC3)nc(Br)c2C1. The highest BCUT2D eigenvalue weighted by atomic mass is 79.9. The summed E-state index contributed by atoms with van der Waals surface area (Å²) < 4.78 is 8.30. The fraction of sp³-hybridized carbons (Fsp3) is 0.636. The Bertz CT molecular complexity index is 482. The molecule has 98 valence electrons. The summed E-state index contributed by atoms with van der Waals surface area (Å²) in [7, 11) is 0. The zero-order valence-electron chi connectivity index (χ0n) is 9.80. The van der Waals surface area contributed by atoms with E-state index in [1.54, 1.807) is 0 Å². The number of aromatic nitrogens is 2. The molecule has 0 bridgehead atoms. The highest BCUT2D eigenvalue weighted by molar-refractivity contribution is 9.10. The molecule has 1 unspecified atom stereocenters. The number of hydrogen-bond acceptors (Lipinski definition) is 3. The van der Waals surface area contributed by atoms with Crippen LogP contribution in [0, 0.1) is 0 Å². The Morgan fingerprint density at radius 1 is 1.50 bits per heavy atom. The van der Waals surface area contributed by atoms with Gasteiger partial charge in [-0.15, -0.1) is 0 Å². The molecule has 3 rings (SSSR count). The molecule has 0 spiro atoms.